The first kappa shape index (κ1) is 11.3. The van der Waals surface area contributed by atoms with E-state index < -0.39 is 0 Å². The lowest BCUT2D eigenvalue weighted by Crippen LogP contribution is -2.25. The van der Waals surface area contributed by atoms with Gasteiger partial charge in [-0.1, -0.05) is 6.92 Å². The lowest BCUT2D eigenvalue weighted by atomic mass is 10.2. The summed E-state index contributed by atoms with van der Waals surface area (Å²) in [5.74, 6) is 2.44. The van der Waals surface area contributed by atoms with Gasteiger partial charge in [0.15, 0.2) is 0 Å². The minimum Gasteiger partial charge on any atom is -0.383 e. The smallest absolute Gasteiger partial charge is 0.0613 e. The summed E-state index contributed by atoms with van der Waals surface area (Å²) >= 11 is 1.97. The predicted molar refractivity (Wildman–Crippen MR) is 52.1 cm³/mol. The highest BCUT2D eigenvalue weighted by molar-refractivity contribution is 7.99. The van der Waals surface area contributed by atoms with Gasteiger partial charge in [-0.15, -0.1) is 0 Å². The number of hydrogen-bond donors (Lipinski definition) is 1. The van der Waals surface area contributed by atoms with Crippen molar-refractivity contribution < 1.29 is 4.74 Å². The summed E-state index contributed by atoms with van der Waals surface area (Å²) in [5, 5.41) is 0. The number of ether oxygens (including phenoxy) is 1. The van der Waals surface area contributed by atoms with E-state index in [4.69, 9.17) is 10.5 Å². The van der Waals surface area contributed by atoms with Gasteiger partial charge in [-0.2, -0.15) is 11.8 Å². The van der Waals surface area contributed by atoms with Crippen molar-refractivity contribution >= 4 is 11.8 Å². The molecule has 1 atom stereocenters. The Hall–Kier alpha value is 0.270. The molecule has 2 nitrogen and oxygen atoms in total. The molecule has 0 bridgehead atoms. The maximum atomic E-state index is 5.73. The average molecular weight is 177 g/mol. The molecule has 0 aliphatic carbocycles. The summed E-state index contributed by atoms with van der Waals surface area (Å²) in [6.07, 6.45) is 2.30. The molecule has 3 heteroatoms. The van der Waals surface area contributed by atoms with E-state index in [9.17, 15) is 0 Å². The fourth-order valence-electron chi connectivity index (χ4n) is 0.889. The van der Waals surface area contributed by atoms with Crippen molar-refractivity contribution in [3.8, 4) is 0 Å². The maximum absolute atomic E-state index is 5.73. The number of methoxy groups -OCH3 is 1. The molecule has 0 aliphatic heterocycles. The van der Waals surface area contributed by atoms with Crippen molar-refractivity contribution in [3.05, 3.63) is 0 Å². The molecule has 2 N–H and O–H groups in total. The minimum absolute atomic E-state index is 0.234. The molecular formula is C8H19NOS. The normalized spacial score (nSPS) is 13.4. The molecule has 0 spiro atoms. The second-order valence-electron chi connectivity index (χ2n) is 2.55. The van der Waals surface area contributed by atoms with Crippen LogP contribution in [0.15, 0.2) is 0 Å². The fourth-order valence-corrected chi connectivity index (χ4v) is 1.55. The van der Waals surface area contributed by atoms with Gasteiger partial charge in [-0.25, -0.2) is 0 Å². The van der Waals surface area contributed by atoms with E-state index in [1.165, 1.54) is 17.9 Å². The number of hydrogen-bond acceptors (Lipinski definition) is 3. The van der Waals surface area contributed by atoms with Crippen LogP contribution in [-0.4, -0.2) is 31.3 Å². The van der Waals surface area contributed by atoms with E-state index in [2.05, 4.69) is 6.92 Å². The lowest BCUT2D eigenvalue weighted by Gasteiger charge is -2.08. The molecule has 0 amide bonds. The van der Waals surface area contributed by atoms with Gasteiger partial charge in [0.1, 0.15) is 0 Å². The van der Waals surface area contributed by atoms with Crippen LogP contribution in [-0.2, 0) is 4.74 Å². The van der Waals surface area contributed by atoms with Gasteiger partial charge >= 0.3 is 0 Å². The zero-order valence-electron chi connectivity index (χ0n) is 7.51. The Labute approximate surface area is 73.9 Å². The summed E-state index contributed by atoms with van der Waals surface area (Å²) in [4.78, 5) is 0. The zero-order chi connectivity index (χ0) is 8.53. The summed E-state index contributed by atoms with van der Waals surface area (Å²) in [6.45, 7) is 2.87. The van der Waals surface area contributed by atoms with Crippen molar-refractivity contribution in [2.45, 2.75) is 25.8 Å². The monoisotopic (exact) mass is 177 g/mol. The summed E-state index contributed by atoms with van der Waals surface area (Å²) < 4.78 is 4.93. The van der Waals surface area contributed by atoms with Crippen LogP contribution in [0.2, 0.25) is 0 Å². The van der Waals surface area contributed by atoms with Gasteiger partial charge in [-0.05, 0) is 24.3 Å². The van der Waals surface area contributed by atoms with E-state index in [-0.39, 0.29) is 6.04 Å². The quantitative estimate of drug-likeness (QED) is 0.598. The summed E-state index contributed by atoms with van der Waals surface area (Å²) in [7, 11) is 1.70. The van der Waals surface area contributed by atoms with Gasteiger partial charge in [0.05, 0.1) is 6.61 Å². The van der Waals surface area contributed by atoms with Gasteiger partial charge in [0.25, 0.3) is 0 Å². The molecule has 0 radical (unpaired) electrons. The Morgan fingerprint density at radius 1 is 1.55 bits per heavy atom. The first-order valence-electron chi connectivity index (χ1n) is 4.13. The van der Waals surface area contributed by atoms with E-state index >= 15 is 0 Å². The van der Waals surface area contributed by atoms with E-state index in [1.54, 1.807) is 7.11 Å². The van der Waals surface area contributed by atoms with Crippen LogP contribution in [0.1, 0.15) is 19.8 Å². The SMILES string of the molecule is CCSCCCC(N)COC. The van der Waals surface area contributed by atoms with Crippen LogP contribution in [0, 0.1) is 0 Å². The topological polar surface area (TPSA) is 35.2 Å². The van der Waals surface area contributed by atoms with Crippen molar-refractivity contribution in [2.24, 2.45) is 5.73 Å². The molecule has 11 heavy (non-hydrogen) atoms. The Kier molecular flexibility index (Phi) is 8.57. The van der Waals surface area contributed by atoms with Crippen LogP contribution >= 0.6 is 11.8 Å². The second-order valence-corrected chi connectivity index (χ2v) is 3.95. The number of nitrogens with two attached hydrogens (primary N) is 1. The highest BCUT2D eigenvalue weighted by Crippen LogP contribution is 2.04. The lowest BCUT2D eigenvalue weighted by molar-refractivity contribution is 0.177. The van der Waals surface area contributed by atoms with Crippen LogP contribution in [0.5, 0.6) is 0 Å². The Balaban J connectivity index is 2.97. The standard InChI is InChI=1S/C8H19NOS/c1-3-11-6-4-5-8(9)7-10-2/h8H,3-7,9H2,1-2H3. The maximum Gasteiger partial charge on any atom is 0.0613 e. The second kappa shape index (κ2) is 8.37. The third-order valence-electron chi connectivity index (χ3n) is 1.45. The number of thioether (sulfide) groups is 1. The molecule has 0 aromatic rings. The van der Waals surface area contributed by atoms with E-state index in [1.807, 2.05) is 11.8 Å². The fraction of sp³-hybridized carbons (Fsp3) is 1.00. The molecule has 0 saturated carbocycles. The first-order valence-corrected chi connectivity index (χ1v) is 5.29. The third kappa shape index (κ3) is 8.17. The number of rotatable bonds is 7. The van der Waals surface area contributed by atoms with E-state index in [0.717, 1.165) is 6.42 Å². The van der Waals surface area contributed by atoms with Gasteiger partial charge in [0, 0.05) is 13.2 Å². The Bertz CT molecular complexity index is 80.5. The molecule has 0 fully saturated rings. The molecule has 0 aromatic carbocycles. The minimum atomic E-state index is 0.234. The van der Waals surface area contributed by atoms with Crippen molar-refractivity contribution in [2.75, 3.05) is 25.2 Å². The van der Waals surface area contributed by atoms with Crippen LogP contribution in [0.25, 0.3) is 0 Å². The Morgan fingerprint density at radius 3 is 2.82 bits per heavy atom. The average Bonchev–Trinajstić information content (AvgIpc) is 1.99. The molecule has 1 unspecified atom stereocenters. The molecule has 0 aliphatic rings. The molecule has 0 aromatic heterocycles. The van der Waals surface area contributed by atoms with Crippen LogP contribution in [0.3, 0.4) is 0 Å². The summed E-state index contributed by atoms with van der Waals surface area (Å²) in [6, 6.07) is 0.234. The first-order chi connectivity index (χ1) is 5.31. The third-order valence-corrected chi connectivity index (χ3v) is 2.43. The molecule has 68 valence electrons. The molecule has 0 rings (SSSR count). The zero-order valence-corrected chi connectivity index (χ0v) is 8.32. The van der Waals surface area contributed by atoms with Crippen molar-refractivity contribution in [1.29, 1.82) is 0 Å². The molecular weight excluding hydrogens is 158 g/mol. The molecule has 0 heterocycles. The van der Waals surface area contributed by atoms with Crippen molar-refractivity contribution in [1.82, 2.24) is 0 Å². The van der Waals surface area contributed by atoms with Gasteiger partial charge in [0.2, 0.25) is 0 Å². The highest BCUT2D eigenvalue weighted by Gasteiger charge is 1.99. The van der Waals surface area contributed by atoms with Crippen molar-refractivity contribution in [3.63, 3.8) is 0 Å². The van der Waals surface area contributed by atoms with Gasteiger partial charge in [-0.3, -0.25) is 0 Å². The van der Waals surface area contributed by atoms with Gasteiger partial charge < -0.3 is 10.5 Å². The highest BCUT2D eigenvalue weighted by atomic mass is 32.2. The van der Waals surface area contributed by atoms with E-state index in [0.29, 0.717) is 6.61 Å². The molecule has 0 saturated heterocycles. The summed E-state index contributed by atoms with van der Waals surface area (Å²) in [5.41, 5.74) is 5.73. The largest absolute Gasteiger partial charge is 0.383 e. The predicted octanol–water partition coefficient (Wildman–Crippen LogP) is 1.49. The Morgan fingerprint density at radius 2 is 2.27 bits per heavy atom. The van der Waals surface area contributed by atoms with Crippen LogP contribution in [0.4, 0.5) is 0 Å². The van der Waals surface area contributed by atoms with Crippen LogP contribution < -0.4 is 5.73 Å².